The van der Waals surface area contributed by atoms with Gasteiger partial charge >= 0.3 is 0 Å². The van der Waals surface area contributed by atoms with Crippen LogP contribution in [0.4, 0.5) is 0 Å². The molecule has 21 heavy (non-hydrogen) atoms. The molecule has 0 radical (unpaired) electrons. The van der Waals surface area contributed by atoms with E-state index in [1.54, 1.807) is 6.07 Å². The number of halogens is 1. The van der Waals surface area contributed by atoms with Gasteiger partial charge in [0.1, 0.15) is 13.2 Å². The second-order valence-corrected chi connectivity index (χ2v) is 7.55. The summed E-state index contributed by atoms with van der Waals surface area (Å²) < 4.78 is 11.1. The number of fused-ring (bicyclic) bond motifs is 1. The molecule has 0 spiro atoms. The third kappa shape index (κ3) is 4.52. The highest BCUT2D eigenvalue weighted by atomic mass is 35.5. The summed E-state index contributed by atoms with van der Waals surface area (Å²) in [7, 11) is 0. The standard InChI is InChI=1S/C17H25ClO3/c1-11(10-17(2,3)4)7-14(19)12-8-15-16(9-13(12)18)21-6-5-20-15/h8-9,11,14,19H,5-7,10H2,1-4H3. The fourth-order valence-corrected chi connectivity index (χ4v) is 3.25. The lowest BCUT2D eigenvalue weighted by atomic mass is 9.82. The normalized spacial score (nSPS) is 17.4. The van der Waals surface area contributed by atoms with E-state index < -0.39 is 6.10 Å². The van der Waals surface area contributed by atoms with Gasteiger partial charge in [-0.3, -0.25) is 0 Å². The molecule has 1 heterocycles. The zero-order valence-corrected chi connectivity index (χ0v) is 14.0. The van der Waals surface area contributed by atoms with Gasteiger partial charge in [0.2, 0.25) is 0 Å². The Morgan fingerprint density at radius 2 is 1.76 bits per heavy atom. The minimum atomic E-state index is -0.578. The molecule has 2 unspecified atom stereocenters. The molecule has 1 aromatic carbocycles. The first-order valence-corrected chi connectivity index (χ1v) is 7.91. The lowest BCUT2D eigenvalue weighted by Crippen LogP contribution is -2.16. The maximum Gasteiger partial charge on any atom is 0.162 e. The number of rotatable bonds is 4. The van der Waals surface area contributed by atoms with E-state index in [0.29, 0.717) is 42.1 Å². The molecular weight excluding hydrogens is 288 g/mol. The Labute approximate surface area is 132 Å². The van der Waals surface area contributed by atoms with E-state index in [1.165, 1.54) is 0 Å². The molecule has 0 amide bonds. The van der Waals surface area contributed by atoms with Crippen LogP contribution in [0.3, 0.4) is 0 Å². The number of hydrogen-bond acceptors (Lipinski definition) is 3. The van der Waals surface area contributed by atoms with Gasteiger partial charge in [-0.1, -0.05) is 39.3 Å². The predicted octanol–water partition coefficient (Wildman–Crippen LogP) is 4.61. The van der Waals surface area contributed by atoms with Gasteiger partial charge in [-0.05, 0) is 30.2 Å². The highest BCUT2D eigenvalue weighted by Gasteiger charge is 2.23. The van der Waals surface area contributed by atoms with Crippen molar-refractivity contribution in [2.45, 2.75) is 46.6 Å². The largest absolute Gasteiger partial charge is 0.486 e. The van der Waals surface area contributed by atoms with Crippen molar-refractivity contribution in [3.8, 4) is 11.5 Å². The zero-order chi connectivity index (χ0) is 15.6. The summed E-state index contributed by atoms with van der Waals surface area (Å²) in [6, 6.07) is 3.55. The van der Waals surface area contributed by atoms with E-state index in [2.05, 4.69) is 27.7 Å². The average molecular weight is 313 g/mol. The topological polar surface area (TPSA) is 38.7 Å². The van der Waals surface area contributed by atoms with Crippen LogP contribution in [0.25, 0.3) is 0 Å². The van der Waals surface area contributed by atoms with Gasteiger partial charge in [-0.15, -0.1) is 0 Å². The molecule has 0 fully saturated rings. The molecule has 2 rings (SSSR count). The number of aliphatic hydroxyl groups excluding tert-OH is 1. The Bertz CT molecular complexity index is 494. The number of ether oxygens (including phenoxy) is 2. The van der Waals surface area contributed by atoms with Crippen LogP contribution in [0.5, 0.6) is 11.5 Å². The minimum absolute atomic E-state index is 0.260. The Morgan fingerprint density at radius 1 is 1.19 bits per heavy atom. The Hall–Kier alpha value is -0.930. The lowest BCUT2D eigenvalue weighted by Gasteiger charge is -2.26. The van der Waals surface area contributed by atoms with Crippen molar-refractivity contribution in [2.75, 3.05) is 13.2 Å². The van der Waals surface area contributed by atoms with Gasteiger partial charge in [0.25, 0.3) is 0 Å². The molecule has 1 aromatic rings. The van der Waals surface area contributed by atoms with Crippen LogP contribution in [-0.2, 0) is 0 Å². The Balaban J connectivity index is 2.10. The summed E-state index contributed by atoms with van der Waals surface area (Å²) in [5, 5.41) is 11.0. The summed E-state index contributed by atoms with van der Waals surface area (Å²) in [5.74, 6) is 1.75. The monoisotopic (exact) mass is 312 g/mol. The molecular formula is C17H25ClO3. The average Bonchev–Trinajstić information content (AvgIpc) is 2.35. The molecule has 0 aliphatic carbocycles. The molecule has 0 bridgehead atoms. The van der Waals surface area contributed by atoms with E-state index in [4.69, 9.17) is 21.1 Å². The summed E-state index contributed by atoms with van der Waals surface area (Å²) in [4.78, 5) is 0. The molecule has 0 saturated heterocycles. The second-order valence-electron chi connectivity index (χ2n) is 7.14. The molecule has 118 valence electrons. The fraction of sp³-hybridized carbons (Fsp3) is 0.647. The van der Waals surface area contributed by atoms with Crippen LogP contribution in [0.15, 0.2) is 12.1 Å². The van der Waals surface area contributed by atoms with Crippen molar-refractivity contribution < 1.29 is 14.6 Å². The van der Waals surface area contributed by atoms with Crippen molar-refractivity contribution in [3.05, 3.63) is 22.7 Å². The molecule has 1 aliphatic heterocycles. The zero-order valence-electron chi connectivity index (χ0n) is 13.3. The van der Waals surface area contributed by atoms with Crippen molar-refractivity contribution in [1.29, 1.82) is 0 Å². The van der Waals surface area contributed by atoms with Crippen molar-refractivity contribution >= 4 is 11.6 Å². The first-order chi connectivity index (χ1) is 9.76. The SMILES string of the molecule is CC(CC(O)c1cc2c(cc1Cl)OCCO2)CC(C)(C)C. The molecule has 0 aromatic heterocycles. The third-order valence-corrected chi connectivity index (χ3v) is 3.93. The van der Waals surface area contributed by atoms with Gasteiger partial charge in [0.05, 0.1) is 11.1 Å². The van der Waals surface area contributed by atoms with E-state index in [1.807, 2.05) is 6.07 Å². The molecule has 4 heteroatoms. The number of aliphatic hydroxyl groups is 1. The quantitative estimate of drug-likeness (QED) is 0.882. The maximum absolute atomic E-state index is 10.5. The molecule has 3 nitrogen and oxygen atoms in total. The van der Waals surface area contributed by atoms with Gasteiger partial charge in [0, 0.05) is 11.6 Å². The number of benzene rings is 1. The van der Waals surface area contributed by atoms with Crippen LogP contribution in [0.1, 0.15) is 52.2 Å². The molecule has 1 N–H and O–H groups in total. The maximum atomic E-state index is 10.5. The minimum Gasteiger partial charge on any atom is -0.486 e. The Morgan fingerprint density at radius 3 is 2.33 bits per heavy atom. The molecule has 1 aliphatic rings. The fourth-order valence-electron chi connectivity index (χ4n) is 2.97. The van der Waals surface area contributed by atoms with E-state index in [-0.39, 0.29) is 5.41 Å². The van der Waals surface area contributed by atoms with E-state index in [0.717, 1.165) is 12.0 Å². The molecule has 2 atom stereocenters. The van der Waals surface area contributed by atoms with Crippen LogP contribution in [0.2, 0.25) is 5.02 Å². The third-order valence-electron chi connectivity index (χ3n) is 3.61. The highest BCUT2D eigenvalue weighted by molar-refractivity contribution is 6.31. The van der Waals surface area contributed by atoms with Gasteiger partial charge in [-0.2, -0.15) is 0 Å². The summed E-state index contributed by atoms with van der Waals surface area (Å²) in [6.07, 6.45) is 1.17. The smallest absolute Gasteiger partial charge is 0.162 e. The van der Waals surface area contributed by atoms with Gasteiger partial charge in [-0.25, -0.2) is 0 Å². The highest BCUT2D eigenvalue weighted by Crippen LogP contribution is 2.40. The first kappa shape index (κ1) is 16.4. The second kappa shape index (κ2) is 6.45. The lowest BCUT2D eigenvalue weighted by molar-refractivity contribution is 0.132. The Kier molecular flexibility index (Phi) is 5.05. The number of hydrogen-bond donors (Lipinski definition) is 1. The van der Waals surface area contributed by atoms with Crippen LogP contribution in [-0.4, -0.2) is 18.3 Å². The van der Waals surface area contributed by atoms with Crippen LogP contribution in [0, 0.1) is 11.3 Å². The summed E-state index contributed by atoms with van der Waals surface area (Å²) in [5.41, 5.74) is 0.983. The van der Waals surface area contributed by atoms with Crippen LogP contribution >= 0.6 is 11.6 Å². The van der Waals surface area contributed by atoms with Gasteiger partial charge < -0.3 is 14.6 Å². The van der Waals surface area contributed by atoms with Crippen molar-refractivity contribution in [2.24, 2.45) is 11.3 Å². The summed E-state index contributed by atoms with van der Waals surface area (Å²) in [6.45, 7) is 9.88. The van der Waals surface area contributed by atoms with E-state index in [9.17, 15) is 5.11 Å². The molecule has 0 saturated carbocycles. The predicted molar refractivity (Wildman–Crippen MR) is 85.3 cm³/mol. The van der Waals surface area contributed by atoms with Crippen LogP contribution < -0.4 is 9.47 Å². The van der Waals surface area contributed by atoms with Crippen molar-refractivity contribution in [1.82, 2.24) is 0 Å². The first-order valence-electron chi connectivity index (χ1n) is 7.53. The van der Waals surface area contributed by atoms with Crippen molar-refractivity contribution in [3.63, 3.8) is 0 Å². The summed E-state index contributed by atoms with van der Waals surface area (Å²) >= 11 is 6.28. The van der Waals surface area contributed by atoms with Gasteiger partial charge in [0.15, 0.2) is 11.5 Å². The van der Waals surface area contributed by atoms with E-state index >= 15 is 0 Å².